The molecule has 0 fully saturated rings. The van der Waals surface area contributed by atoms with Crippen LogP contribution in [0.4, 0.5) is 0 Å². The maximum Gasteiger partial charge on any atom is 0.163 e. The van der Waals surface area contributed by atoms with Crippen molar-refractivity contribution in [3.63, 3.8) is 0 Å². The molecule has 2 atom stereocenters. The monoisotopic (exact) mass is 252 g/mol. The molecule has 3 heteroatoms. The third-order valence-corrected chi connectivity index (χ3v) is 2.73. The highest BCUT2D eigenvalue weighted by molar-refractivity contribution is 7.15. The lowest BCUT2D eigenvalue weighted by Gasteiger charge is -2.21. The molecule has 17 heavy (non-hydrogen) atoms. The molecule has 0 radical (unpaired) electrons. The number of rotatable bonds is 2. The minimum atomic E-state index is 0. The van der Waals surface area contributed by atoms with Crippen molar-refractivity contribution in [2.24, 2.45) is 5.92 Å². The maximum atomic E-state index is 11.7. The van der Waals surface area contributed by atoms with E-state index in [-0.39, 0.29) is 19.1 Å². The number of carbonyl (C=O) groups is 2. The Kier molecular flexibility index (Phi) is 7.65. The van der Waals surface area contributed by atoms with Crippen molar-refractivity contribution in [2.45, 2.75) is 26.7 Å². The summed E-state index contributed by atoms with van der Waals surface area (Å²) in [5, 5.41) is 0. The van der Waals surface area contributed by atoms with Gasteiger partial charge in [-0.05, 0) is 17.9 Å². The molecule has 94 valence electrons. The summed E-state index contributed by atoms with van der Waals surface area (Å²) in [6.45, 7) is 1.92. The van der Waals surface area contributed by atoms with E-state index >= 15 is 0 Å². The molecule has 0 saturated carbocycles. The molecule has 0 bridgehead atoms. The van der Waals surface area contributed by atoms with Crippen molar-refractivity contribution in [1.29, 1.82) is 0 Å². The fourth-order valence-corrected chi connectivity index (χ4v) is 2.03. The van der Waals surface area contributed by atoms with Gasteiger partial charge in [-0.1, -0.05) is 38.4 Å². The minimum Gasteiger partial charge on any atom is -0.303 e. The summed E-state index contributed by atoms with van der Waals surface area (Å²) in [5.41, 5.74) is 1.94. The Labute approximate surface area is 106 Å². The van der Waals surface area contributed by atoms with Gasteiger partial charge in [0.25, 0.3) is 0 Å². The van der Waals surface area contributed by atoms with E-state index in [1.807, 2.05) is 30.9 Å². The smallest absolute Gasteiger partial charge is 0.163 e. The minimum absolute atomic E-state index is 0. The van der Waals surface area contributed by atoms with Gasteiger partial charge in [0.1, 0.15) is 6.29 Å². The van der Waals surface area contributed by atoms with Crippen LogP contribution >= 0.6 is 9.24 Å². The number of carbonyl (C=O) groups excluding carboxylic acids is 2. The summed E-state index contributed by atoms with van der Waals surface area (Å²) in [4.78, 5) is 22.0. The van der Waals surface area contributed by atoms with Gasteiger partial charge in [-0.15, -0.1) is 9.24 Å². The zero-order valence-electron chi connectivity index (χ0n) is 9.48. The van der Waals surface area contributed by atoms with Crippen molar-refractivity contribution in [3.8, 4) is 0 Å². The predicted molar refractivity (Wildman–Crippen MR) is 75.6 cm³/mol. The van der Waals surface area contributed by atoms with Gasteiger partial charge in [-0.25, -0.2) is 0 Å². The zero-order chi connectivity index (χ0) is 12.0. The first-order valence-corrected chi connectivity index (χ1v) is 6.59. The van der Waals surface area contributed by atoms with E-state index < -0.39 is 0 Å². The van der Waals surface area contributed by atoms with Crippen LogP contribution in [-0.4, -0.2) is 18.7 Å². The standard InChI is InChI=1S/C12H12O2.CH5P.CH4/c13-6-5-9-7-10-3-1-2-4-11(10)12(14)8-9;1-2;/h1-4,6,9H,5,7-8H2;2H2,1H3;1H4. The molecule has 2 rings (SSSR count). The number of fused-ring (bicyclic) bond motifs is 1. The second-order valence-corrected chi connectivity index (χ2v) is 3.76. The van der Waals surface area contributed by atoms with E-state index in [9.17, 15) is 9.59 Å². The number of Topliss-reactive ketones (excluding diaryl/α,β-unsaturated/α-hetero) is 1. The highest BCUT2D eigenvalue weighted by atomic mass is 31.0. The van der Waals surface area contributed by atoms with Gasteiger partial charge in [-0.3, -0.25) is 4.79 Å². The number of hydrogen-bond acceptors (Lipinski definition) is 2. The Balaban J connectivity index is 0.000000811. The molecule has 0 aromatic heterocycles. The lowest BCUT2D eigenvalue weighted by molar-refractivity contribution is -0.108. The van der Waals surface area contributed by atoms with E-state index in [4.69, 9.17) is 0 Å². The molecule has 0 heterocycles. The topological polar surface area (TPSA) is 34.1 Å². The normalized spacial score (nSPS) is 17.1. The van der Waals surface area contributed by atoms with E-state index in [0.717, 1.165) is 23.8 Å². The van der Waals surface area contributed by atoms with Crippen molar-refractivity contribution >= 4 is 21.3 Å². The molecule has 2 unspecified atom stereocenters. The molecule has 0 saturated heterocycles. The van der Waals surface area contributed by atoms with E-state index in [1.54, 1.807) is 0 Å². The third-order valence-electron chi connectivity index (χ3n) is 2.73. The van der Waals surface area contributed by atoms with Crippen molar-refractivity contribution < 1.29 is 9.59 Å². The molecule has 1 aromatic rings. The fraction of sp³-hybridized carbons (Fsp3) is 0.429. The lowest BCUT2D eigenvalue weighted by Crippen LogP contribution is -2.20. The first-order valence-electron chi connectivity index (χ1n) is 5.43. The second kappa shape index (κ2) is 8.14. The van der Waals surface area contributed by atoms with Gasteiger partial charge in [0.15, 0.2) is 5.78 Å². The third kappa shape index (κ3) is 4.05. The Bertz CT molecular complexity index is 374. The summed E-state index contributed by atoms with van der Waals surface area (Å²) in [7, 11) is 2.42. The maximum absolute atomic E-state index is 11.7. The summed E-state index contributed by atoms with van der Waals surface area (Å²) >= 11 is 0. The number of aldehydes is 1. The number of hydrogen-bond donors (Lipinski definition) is 0. The van der Waals surface area contributed by atoms with Crippen molar-refractivity contribution in [1.82, 2.24) is 0 Å². The summed E-state index contributed by atoms with van der Waals surface area (Å²) in [6.07, 6.45) is 2.79. The molecule has 0 amide bonds. The molecular weight excluding hydrogens is 231 g/mol. The van der Waals surface area contributed by atoms with Crippen LogP contribution < -0.4 is 0 Å². The first kappa shape index (κ1) is 16.0. The van der Waals surface area contributed by atoms with E-state index in [2.05, 4.69) is 9.24 Å². The Morgan fingerprint density at radius 2 is 1.94 bits per heavy atom. The van der Waals surface area contributed by atoms with Gasteiger partial charge in [0.2, 0.25) is 0 Å². The second-order valence-electron chi connectivity index (χ2n) is 3.76. The molecule has 1 aliphatic carbocycles. The zero-order valence-corrected chi connectivity index (χ0v) is 10.6. The highest BCUT2D eigenvalue weighted by Crippen LogP contribution is 2.26. The molecule has 0 spiro atoms. The van der Waals surface area contributed by atoms with Crippen molar-refractivity contribution in [2.75, 3.05) is 6.66 Å². The quantitative estimate of drug-likeness (QED) is 0.598. The Morgan fingerprint density at radius 1 is 1.29 bits per heavy atom. The van der Waals surface area contributed by atoms with Crippen LogP contribution in [0.15, 0.2) is 24.3 Å². The van der Waals surface area contributed by atoms with E-state index in [0.29, 0.717) is 12.8 Å². The van der Waals surface area contributed by atoms with Gasteiger partial charge < -0.3 is 4.79 Å². The number of ketones is 1. The van der Waals surface area contributed by atoms with Crippen LogP contribution in [0.3, 0.4) is 0 Å². The van der Waals surface area contributed by atoms with Crippen LogP contribution in [0.2, 0.25) is 0 Å². The average Bonchev–Trinajstić information content (AvgIpc) is 2.32. The summed E-state index contributed by atoms with van der Waals surface area (Å²) in [5.74, 6) is 0.397. The van der Waals surface area contributed by atoms with Crippen LogP contribution in [0.1, 0.15) is 36.2 Å². The van der Waals surface area contributed by atoms with Gasteiger partial charge in [0.05, 0.1) is 0 Å². The van der Waals surface area contributed by atoms with Crippen LogP contribution in [0, 0.1) is 5.92 Å². The lowest BCUT2D eigenvalue weighted by atomic mass is 9.82. The van der Waals surface area contributed by atoms with Crippen LogP contribution in [0.25, 0.3) is 0 Å². The van der Waals surface area contributed by atoms with Gasteiger partial charge in [0, 0.05) is 18.4 Å². The van der Waals surface area contributed by atoms with Crippen LogP contribution in [0.5, 0.6) is 0 Å². The Hall–Kier alpha value is -1.01. The van der Waals surface area contributed by atoms with E-state index in [1.165, 1.54) is 0 Å². The molecule has 0 N–H and O–H groups in total. The largest absolute Gasteiger partial charge is 0.303 e. The summed E-state index contributed by atoms with van der Waals surface area (Å²) in [6, 6.07) is 7.67. The first-order chi connectivity index (χ1) is 7.81. The van der Waals surface area contributed by atoms with Crippen molar-refractivity contribution in [3.05, 3.63) is 35.4 Å². The number of benzene rings is 1. The SMILES string of the molecule is C.CP.O=CCC1CC(=O)c2ccccc2C1. The predicted octanol–water partition coefficient (Wildman–Crippen LogP) is 3.15. The molecule has 1 aromatic carbocycles. The fourth-order valence-electron chi connectivity index (χ4n) is 2.03. The van der Waals surface area contributed by atoms with Gasteiger partial charge in [-0.2, -0.15) is 0 Å². The molecular formula is C14H21O2P. The molecule has 2 nitrogen and oxygen atoms in total. The van der Waals surface area contributed by atoms with Crippen LogP contribution in [-0.2, 0) is 11.2 Å². The Morgan fingerprint density at radius 3 is 2.59 bits per heavy atom. The molecule has 0 aliphatic heterocycles. The molecule has 1 aliphatic rings. The average molecular weight is 252 g/mol. The summed E-state index contributed by atoms with van der Waals surface area (Å²) < 4.78 is 0. The van der Waals surface area contributed by atoms with Gasteiger partial charge >= 0.3 is 0 Å². The highest BCUT2D eigenvalue weighted by Gasteiger charge is 2.23.